The van der Waals surface area contributed by atoms with Gasteiger partial charge in [0.2, 0.25) is 0 Å². The zero-order valence-corrected chi connectivity index (χ0v) is 34.9. The molecule has 0 saturated carbocycles. The van der Waals surface area contributed by atoms with E-state index in [1.807, 2.05) is 11.3 Å². The second kappa shape index (κ2) is 13.9. The first-order valence-corrected chi connectivity index (χ1v) is 22.0. The number of anilines is 3. The fourth-order valence-corrected chi connectivity index (χ4v) is 11.3. The molecule has 1 aliphatic carbocycles. The molecule has 0 aliphatic heterocycles. The molecule has 0 N–H and O–H groups in total. The van der Waals surface area contributed by atoms with Crippen LogP contribution < -0.4 is 4.90 Å². The van der Waals surface area contributed by atoms with Crippen molar-refractivity contribution in [2.45, 2.75) is 19.3 Å². The highest BCUT2D eigenvalue weighted by Gasteiger charge is 2.36. The van der Waals surface area contributed by atoms with Gasteiger partial charge in [0.25, 0.3) is 0 Å². The lowest BCUT2D eigenvalue weighted by Crippen LogP contribution is -2.17. The number of nitrogens with zero attached hydrogens (tertiary/aromatic N) is 1. The monoisotopic (exact) mass is 795 g/mol. The third-order valence-corrected chi connectivity index (χ3v) is 14.2. The van der Waals surface area contributed by atoms with Crippen LogP contribution in [0.2, 0.25) is 0 Å². The highest BCUT2D eigenvalue weighted by molar-refractivity contribution is 7.25. The molecule has 1 heterocycles. The summed E-state index contributed by atoms with van der Waals surface area (Å²) in [5, 5.41) is 7.58. The van der Waals surface area contributed by atoms with E-state index >= 15 is 0 Å². The van der Waals surface area contributed by atoms with E-state index < -0.39 is 0 Å². The molecular formula is C59H41NS. The summed E-state index contributed by atoms with van der Waals surface area (Å²) < 4.78 is 2.62. The fraction of sp³-hybridized carbons (Fsp3) is 0.0508. The largest absolute Gasteiger partial charge is 0.309 e. The third-order valence-electron chi connectivity index (χ3n) is 13.1. The number of benzene rings is 10. The van der Waals surface area contributed by atoms with E-state index in [1.54, 1.807) is 0 Å². The van der Waals surface area contributed by atoms with Crippen LogP contribution in [0.5, 0.6) is 0 Å². The molecule has 0 saturated heterocycles. The molecule has 0 radical (unpaired) electrons. The first kappa shape index (κ1) is 35.7. The summed E-state index contributed by atoms with van der Waals surface area (Å²) in [7, 11) is 0. The van der Waals surface area contributed by atoms with Gasteiger partial charge in [-0.15, -0.1) is 11.3 Å². The predicted octanol–water partition coefficient (Wildman–Crippen LogP) is 17.1. The normalized spacial score (nSPS) is 12.9. The van der Waals surface area contributed by atoms with Crippen LogP contribution >= 0.6 is 11.3 Å². The lowest BCUT2D eigenvalue weighted by Gasteiger charge is -2.32. The third kappa shape index (κ3) is 5.60. The van der Waals surface area contributed by atoms with Crippen molar-refractivity contribution in [2.24, 2.45) is 0 Å². The molecule has 1 aliphatic rings. The Hall–Kier alpha value is -7.26. The first-order valence-electron chi connectivity index (χ1n) is 21.2. The van der Waals surface area contributed by atoms with Crippen molar-refractivity contribution in [3.8, 4) is 44.5 Å². The van der Waals surface area contributed by atoms with Crippen LogP contribution in [0.4, 0.5) is 17.1 Å². The predicted molar refractivity (Wildman–Crippen MR) is 263 cm³/mol. The molecule has 0 unspecified atom stereocenters. The molecule has 0 amide bonds. The van der Waals surface area contributed by atoms with Gasteiger partial charge < -0.3 is 4.90 Å². The Morgan fingerprint density at radius 2 is 1.00 bits per heavy atom. The first-order chi connectivity index (χ1) is 30.0. The van der Waals surface area contributed by atoms with Crippen LogP contribution in [-0.2, 0) is 5.41 Å². The van der Waals surface area contributed by atoms with Crippen molar-refractivity contribution >= 4 is 70.1 Å². The maximum atomic E-state index is 2.54. The van der Waals surface area contributed by atoms with E-state index in [0.717, 1.165) is 17.1 Å². The molecule has 61 heavy (non-hydrogen) atoms. The fourth-order valence-electron chi connectivity index (χ4n) is 10.2. The molecule has 0 fully saturated rings. The average Bonchev–Trinajstić information content (AvgIpc) is 3.80. The van der Waals surface area contributed by atoms with E-state index in [2.05, 4.69) is 231 Å². The smallest absolute Gasteiger partial charge is 0.0546 e. The van der Waals surface area contributed by atoms with Crippen molar-refractivity contribution in [3.05, 3.63) is 223 Å². The zero-order chi connectivity index (χ0) is 40.7. The molecule has 0 bridgehead atoms. The number of rotatable bonds is 6. The number of fused-ring (bicyclic) bond motifs is 9. The summed E-state index contributed by atoms with van der Waals surface area (Å²) in [5.41, 5.74) is 15.8. The second-order valence-electron chi connectivity index (χ2n) is 16.8. The summed E-state index contributed by atoms with van der Waals surface area (Å²) in [6.45, 7) is 4.75. The molecule has 0 atom stereocenters. The van der Waals surface area contributed by atoms with Crippen molar-refractivity contribution in [3.63, 3.8) is 0 Å². The maximum absolute atomic E-state index is 2.54. The molecule has 0 spiro atoms. The standard InChI is InChI=1S/C59H41NS/c1-59(2)52-27-13-10-24-47(52)48-33-32-41(37-53(48)59)60(54-28-14-11-21-43(54)38-17-4-3-5-18-38)55-29-16-26-44(40-31-34-57-50(35-40)49-25-12-15-30-56(49)61-57)58(55)51-36-39-19-6-7-20-42(39)45-22-8-9-23-46(45)51/h3-37H,1-2H3. The summed E-state index contributed by atoms with van der Waals surface area (Å²) >= 11 is 1.87. The van der Waals surface area contributed by atoms with Gasteiger partial charge in [0.05, 0.1) is 11.4 Å². The molecule has 2 heteroatoms. The van der Waals surface area contributed by atoms with Gasteiger partial charge in [-0.1, -0.05) is 178 Å². The van der Waals surface area contributed by atoms with Gasteiger partial charge in [-0.25, -0.2) is 0 Å². The van der Waals surface area contributed by atoms with E-state index in [0.29, 0.717) is 0 Å². The Labute approximate surface area is 360 Å². The van der Waals surface area contributed by atoms with E-state index in [4.69, 9.17) is 0 Å². The minimum absolute atomic E-state index is 0.162. The molecule has 1 aromatic heterocycles. The molecule has 1 nitrogen and oxygen atoms in total. The van der Waals surface area contributed by atoms with E-state index in [1.165, 1.54) is 97.4 Å². The van der Waals surface area contributed by atoms with Gasteiger partial charge in [-0.2, -0.15) is 0 Å². The average molecular weight is 796 g/mol. The van der Waals surface area contributed by atoms with Crippen LogP contribution in [0.3, 0.4) is 0 Å². The minimum atomic E-state index is -0.162. The molecule has 11 aromatic rings. The maximum Gasteiger partial charge on any atom is 0.0546 e. The number of para-hydroxylation sites is 1. The quantitative estimate of drug-likeness (QED) is 0.152. The molecule has 12 rings (SSSR count). The Bertz CT molecular complexity index is 3520. The lowest BCUT2D eigenvalue weighted by atomic mass is 9.82. The van der Waals surface area contributed by atoms with Crippen molar-refractivity contribution in [1.29, 1.82) is 0 Å². The highest BCUT2D eigenvalue weighted by Crippen LogP contribution is 2.54. The summed E-state index contributed by atoms with van der Waals surface area (Å²) in [6, 6.07) is 79.0. The molecular weight excluding hydrogens is 755 g/mol. The number of thiophene rings is 1. The van der Waals surface area contributed by atoms with Crippen molar-refractivity contribution < 1.29 is 0 Å². The van der Waals surface area contributed by atoms with Gasteiger partial charge in [-0.05, 0) is 115 Å². The topological polar surface area (TPSA) is 3.24 Å². The van der Waals surface area contributed by atoms with Crippen LogP contribution in [0.1, 0.15) is 25.0 Å². The Morgan fingerprint density at radius 1 is 0.361 bits per heavy atom. The number of hydrogen-bond donors (Lipinski definition) is 0. The Balaban J connectivity index is 1.20. The SMILES string of the molecule is CC1(C)c2ccccc2-c2ccc(N(c3ccccc3-c3ccccc3)c3cccc(-c4ccc5sc6ccccc6c5c4)c3-c3cc4ccccc4c4ccccc34)cc21. The van der Waals surface area contributed by atoms with Gasteiger partial charge >= 0.3 is 0 Å². The van der Waals surface area contributed by atoms with Gasteiger partial charge in [-0.3, -0.25) is 0 Å². The Morgan fingerprint density at radius 3 is 1.87 bits per heavy atom. The Kier molecular flexibility index (Phi) is 8.13. The van der Waals surface area contributed by atoms with Crippen LogP contribution in [0.15, 0.2) is 212 Å². The van der Waals surface area contributed by atoms with Gasteiger partial charge in [0.15, 0.2) is 0 Å². The molecule has 10 aromatic carbocycles. The highest BCUT2D eigenvalue weighted by atomic mass is 32.1. The lowest BCUT2D eigenvalue weighted by molar-refractivity contribution is 0.660. The van der Waals surface area contributed by atoms with Gasteiger partial charge in [0.1, 0.15) is 0 Å². The minimum Gasteiger partial charge on any atom is -0.309 e. The van der Waals surface area contributed by atoms with Crippen LogP contribution in [-0.4, -0.2) is 0 Å². The molecule has 288 valence electrons. The van der Waals surface area contributed by atoms with E-state index in [-0.39, 0.29) is 5.41 Å². The summed E-state index contributed by atoms with van der Waals surface area (Å²) in [5.74, 6) is 0. The summed E-state index contributed by atoms with van der Waals surface area (Å²) in [6.07, 6.45) is 0. The van der Waals surface area contributed by atoms with E-state index in [9.17, 15) is 0 Å². The second-order valence-corrected chi connectivity index (χ2v) is 17.9. The van der Waals surface area contributed by atoms with Crippen LogP contribution in [0, 0.1) is 0 Å². The van der Waals surface area contributed by atoms with Crippen LogP contribution in [0.25, 0.3) is 86.2 Å². The van der Waals surface area contributed by atoms with Crippen molar-refractivity contribution in [1.82, 2.24) is 0 Å². The van der Waals surface area contributed by atoms with Crippen molar-refractivity contribution in [2.75, 3.05) is 4.90 Å². The summed E-state index contributed by atoms with van der Waals surface area (Å²) in [4.78, 5) is 2.54. The number of hydrogen-bond acceptors (Lipinski definition) is 2. The zero-order valence-electron chi connectivity index (χ0n) is 34.1. The van der Waals surface area contributed by atoms with Gasteiger partial charge in [0, 0.05) is 42.4 Å².